The summed E-state index contributed by atoms with van der Waals surface area (Å²) < 4.78 is 10.6. The number of rotatable bonds is 5. The van der Waals surface area contributed by atoms with Gasteiger partial charge in [0.2, 0.25) is 5.76 Å². The second-order valence-corrected chi connectivity index (χ2v) is 5.50. The second kappa shape index (κ2) is 6.19. The molecule has 1 unspecified atom stereocenters. The van der Waals surface area contributed by atoms with Crippen molar-refractivity contribution in [3.63, 3.8) is 0 Å². The van der Waals surface area contributed by atoms with Crippen molar-refractivity contribution in [1.29, 1.82) is 0 Å². The van der Waals surface area contributed by atoms with Crippen LogP contribution in [0.2, 0.25) is 0 Å². The number of aromatic nitrogens is 1. The average Bonchev–Trinajstić information content (AvgIpc) is 3.20. The first-order valence-corrected chi connectivity index (χ1v) is 7.29. The van der Waals surface area contributed by atoms with Crippen molar-refractivity contribution in [3.05, 3.63) is 35.6 Å². The molecule has 1 aliphatic heterocycles. The summed E-state index contributed by atoms with van der Waals surface area (Å²) >= 11 is 0. The summed E-state index contributed by atoms with van der Waals surface area (Å²) in [5.74, 6) is 0.742. The first kappa shape index (κ1) is 14.6. The van der Waals surface area contributed by atoms with Gasteiger partial charge in [-0.2, -0.15) is 0 Å². The third kappa shape index (κ3) is 2.96. The SMILES string of the molecule is CC(CO)CNC(=O)c1cc(-c2ccc3c(c2)CCO3)no1. The third-order valence-electron chi connectivity index (χ3n) is 3.64. The van der Waals surface area contributed by atoms with Crippen LogP contribution in [0.3, 0.4) is 0 Å². The molecule has 1 amide bonds. The maximum Gasteiger partial charge on any atom is 0.289 e. The minimum absolute atomic E-state index is 0.00283. The zero-order chi connectivity index (χ0) is 15.5. The largest absolute Gasteiger partial charge is 0.493 e. The predicted octanol–water partition coefficient (Wildman–Crippen LogP) is 1.63. The van der Waals surface area contributed by atoms with E-state index in [2.05, 4.69) is 10.5 Å². The molecular formula is C16H18N2O4. The minimum Gasteiger partial charge on any atom is -0.493 e. The number of aliphatic hydroxyl groups excluding tert-OH is 1. The maximum absolute atomic E-state index is 12.0. The monoisotopic (exact) mass is 302 g/mol. The van der Waals surface area contributed by atoms with E-state index in [0.717, 1.165) is 23.3 Å². The molecule has 0 fully saturated rings. The molecule has 1 atom stereocenters. The van der Waals surface area contributed by atoms with Gasteiger partial charge in [0.05, 0.1) is 6.61 Å². The molecular weight excluding hydrogens is 284 g/mol. The van der Waals surface area contributed by atoms with Gasteiger partial charge >= 0.3 is 0 Å². The summed E-state index contributed by atoms with van der Waals surface area (Å²) in [6.07, 6.45) is 0.882. The molecule has 0 aliphatic carbocycles. The first-order valence-electron chi connectivity index (χ1n) is 7.29. The van der Waals surface area contributed by atoms with Gasteiger partial charge in [0, 0.05) is 31.2 Å². The maximum atomic E-state index is 12.0. The molecule has 116 valence electrons. The van der Waals surface area contributed by atoms with Gasteiger partial charge < -0.3 is 19.7 Å². The van der Waals surface area contributed by atoms with Gasteiger partial charge in [-0.3, -0.25) is 4.79 Å². The van der Waals surface area contributed by atoms with Crippen LogP contribution in [0.5, 0.6) is 5.75 Å². The number of hydrogen-bond donors (Lipinski definition) is 2. The van der Waals surface area contributed by atoms with Crippen molar-refractivity contribution in [2.24, 2.45) is 5.92 Å². The molecule has 6 nitrogen and oxygen atoms in total. The molecule has 22 heavy (non-hydrogen) atoms. The predicted molar refractivity (Wildman–Crippen MR) is 79.7 cm³/mol. The van der Waals surface area contributed by atoms with Crippen LogP contribution < -0.4 is 10.1 Å². The topological polar surface area (TPSA) is 84.6 Å². The van der Waals surface area contributed by atoms with Crippen LogP contribution in [0.25, 0.3) is 11.3 Å². The number of aliphatic hydroxyl groups is 1. The van der Waals surface area contributed by atoms with Gasteiger partial charge in [-0.05, 0) is 29.7 Å². The van der Waals surface area contributed by atoms with Gasteiger partial charge in [-0.25, -0.2) is 0 Å². The highest BCUT2D eigenvalue weighted by Crippen LogP contribution is 2.30. The Kier molecular flexibility index (Phi) is 4.11. The molecule has 0 saturated heterocycles. The second-order valence-electron chi connectivity index (χ2n) is 5.50. The van der Waals surface area contributed by atoms with Crippen LogP contribution in [0.1, 0.15) is 23.0 Å². The number of fused-ring (bicyclic) bond motifs is 1. The lowest BCUT2D eigenvalue weighted by Gasteiger charge is -2.07. The van der Waals surface area contributed by atoms with Crippen molar-refractivity contribution in [1.82, 2.24) is 10.5 Å². The van der Waals surface area contributed by atoms with Crippen LogP contribution in [0.15, 0.2) is 28.8 Å². The zero-order valence-electron chi connectivity index (χ0n) is 12.3. The number of amides is 1. The molecule has 6 heteroatoms. The first-order chi connectivity index (χ1) is 10.7. The molecule has 0 saturated carbocycles. The zero-order valence-corrected chi connectivity index (χ0v) is 12.3. The fourth-order valence-electron chi connectivity index (χ4n) is 2.28. The lowest BCUT2D eigenvalue weighted by molar-refractivity contribution is 0.0905. The lowest BCUT2D eigenvalue weighted by Crippen LogP contribution is -2.29. The summed E-state index contributed by atoms with van der Waals surface area (Å²) in [5, 5.41) is 15.6. The Morgan fingerprint density at radius 3 is 3.14 bits per heavy atom. The molecule has 0 spiro atoms. The van der Waals surface area contributed by atoms with Gasteiger partial charge in [-0.1, -0.05) is 12.1 Å². The van der Waals surface area contributed by atoms with Crippen molar-refractivity contribution in [2.45, 2.75) is 13.3 Å². The number of carbonyl (C=O) groups is 1. The normalized spacial score (nSPS) is 14.3. The van der Waals surface area contributed by atoms with Crippen LogP contribution in [-0.2, 0) is 6.42 Å². The molecule has 0 radical (unpaired) electrons. The smallest absolute Gasteiger partial charge is 0.289 e. The Bertz CT molecular complexity index is 681. The molecule has 0 bridgehead atoms. The minimum atomic E-state index is -0.330. The van der Waals surface area contributed by atoms with Crippen molar-refractivity contribution in [3.8, 4) is 17.0 Å². The molecule has 1 aromatic heterocycles. The van der Waals surface area contributed by atoms with Crippen LogP contribution in [0.4, 0.5) is 0 Å². The highest BCUT2D eigenvalue weighted by molar-refractivity contribution is 5.92. The fourth-order valence-corrected chi connectivity index (χ4v) is 2.28. The Balaban J connectivity index is 1.72. The van der Waals surface area contributed by atoms with Crippen LogP contribution in [0, 0.1) is 5.92 Å². The molecule has 2 N–H and O–H groups in total. The number of carbonyl (C=O) groups excluding carboxylic acids is 1. The molecule has 3 rings (SSSR count). The van der Waals surface area contributed by atoms with E-state index in [1.165, 1.54) is 0 Å². The highest BCUT2D eigenvalue weighted by Gasteiger charge is 2.17. The fraction of sp³-hybridized carbons (Fsp3) is 0.375. The van der Waals surface area contributed by atoms with E-state index in [1.54, 1.807) is 6.07 Å². The standard InChI is InChI=1S/C16H18N2O4/c1-10(9-19)8-17-16(20)15-7-13(18-22-15)11-2-3-14-12(6-11)4-5-21-14/h2-3,6-7,10,19H,4-5,8-9H2,1H3,(H,17,20). The van der Waals surface area contributed by atoms with E-state index >= 15 is 0 Å². The van der Waals surface area contributed by atoms with Gasteiger partial charge in [0.1, 0.15) is 11.4 Å². The van der Waals surface area contributed by atoms with E-state index in [9.17, 15) is 4.79 Å². The van der Waals surface area contributed by atoms with Crippen molar-refractivity contribution in [2.75, 3.05) is 19.8 Å². The van der Waals surface area contributed by atoms with Gasteiger partial charge in [0.25, 0.3) is 5.91 Å². The third-order valence-corrected chi connectivity index (χ3v) is 3.64. The Labute approximate surface area is 128 Å². The van der Waals surface area contributed by atoms with Crippen LogP contribution >= 0.6 is 0 Å². The molecule has 2 aromatic rings. The van der Waals surface area contributed by atoms with E-state index in [-0.39, 0.29) is 24.2 Å². The Morgan fingerprint density at radius 1 is 1.45 bits per heavy atom. The Hall–Kier alpha value is -2.34. The molecule has 1 aromatic carbocycles. The number of nitrogens with zero attached hydrogens (tertiary/aromatic N) is 1. The lowest BCUT2D eigenvalue weighted by atomic mass is 10.1. The summed E-state index contributed by atoms with van der Waals surface area (Å²) in [6, 6.07) is 7.44. The van der Waals surface area contributed by atoms with Gasteiger partial charge in [-0.15, -0.1) is 0 Å². The van der Waals surface area contributed by atoms with E-state index < -0.39 is 0 Å². The molecule has 2 heterocycles. The number of benzene rings is 1. The summed E-state index contributed by atoms with van der Waals surface area (Å²) in [5.41, 5.74) is 2.66. The summed E-state index contributed by atoms with van der Waals surface area (Å²) in [7, 11) is 0. The van der Waals surface area contributed by atoms with Crippen molar-refractivity contribution < 1.29 is 19.2 Å². The number of nitrogens with one attached hydrogen (secondary N) is 1. The Morgan fingerprint density at radius 2 is 2.32 bits per heavy atom. The van der Waals surface area contributed by atoms with E-state index in [1.807, 2.05) is 25.1 Å². The summed E-state index contributed by atoms with van der Waals surface area (Å²) in [4.78, 5) is 12.0. The summed E-state index contributed by atoms with van der Waals surface area (Å²) in [6.45, 7) is 2.97. The van der Waals surface area contributed by atoms with Crippen LogP contribution in [-0.4, -0.2) is 35.9 Å². The van der Waals surface area contributed by atoms with Crippen molar-refractivity contribution >= 4 is 5.91 Å². The molecule has 1 aliphatic rings. The quantitative estimate of drug-likeness (QED) is 0.877. The van der Waals surface area contributed by atoms with E-state index in [4.69, 9.17) is 14.4 Å². The van der Waals surface area contributed by atoms with E-state index in [0.29, 0.717) is 18.8 Å². The number of ether oxygens (including phenoxy) is 1. The average molecular weight is 302 g/mol. The van der Waals surface area contributed by atoms with Gasteiger partial charge in [0.15, 0.2) is 0 Å². The highest BCUT2D eigenvalue weighted by atomic mass is 16.5. The number of hydrogen-bond acceptors (Lipinski definition) is 5.